The lowest BCUT2D eigenvalue weighted by molar-refractivity contribution is 0.592. The van der Waals surface area contributed by atoms with Crippen molar-refractivity contribution in [2.75, 3.05) is 4.31 Å². The van der Waals surface area contributed by atoms with E-state index in [1.54, 1.807) is 60.7 Å². The summed E-state index contributed by atoms with van der Waals surface area (Å²) in [6.45, 7) is 0. The number of hydrogen-bond acceptors (Lipinski definition) is 3. The minimum Gasteiger partial charge on any atom is -0.243 e. The van der Waals surface area contributed by atoms with E-state index < -0.39 is 10.0 Å². The summed E-state index contributed by atoms with van der Waals surface area (Å²) in [6.07, 6.45) is 1.47. The summed E-state index contributed by atoms with van der Waals surface area (Å²) in [5.74, 6) is 0. The second kappa shape index (κ2) is 5.99. The molecule has 1 aromatic heterocycles. The zero-order chi connectivity index (χ0) is 15.4. The molecule has 0 fully saturated rings. The van der Waals surface area contributed by atoms with Crippen molar-refractivity contribution in [1.82, 2.24) is 4.98 Å². The highest BCUT2D eigenvalue weighted by Gasteiger charge is 2.27. The SMILES string of the molecule is O=S(=O)(c1ccccn1)N(c1ccccc1)c1ccccc1. The van der Waals surface area contributed by atoms with Gasteiger partial charge in [0.2, 0.25) is 0 Å². The number of benzene rings is 2. The lowest BCUT2D eigenvalue weighted by atomic mass is 10.3. The number of para-hydroxylation sites is 2. The summed E-state index contributed by atoms with van der Waals surface area (Å²) in [4.78, 5) is 3.99. The molecule has 3 rings (SSSR count). The minimum atomic E-state index is -3.78. The van der Waals surface area contributed by atoms with Gasteiger partial charge >= 0.3 is 0 Å². The Labute approximate surface area is 129 Å². The predicted molar refractivity (Wildman–Crippen MR) is 86.4 cm³/mol. The largest absolute Gasteiger partial charge is 0.286 e. The number of rotatable bonds is 4. The highest BCUT2D eigenvalue weighted by Crippen LogP contribution is 2.31. The van der Waals surface area contributed by atoms with Gasteiger partial charge in [-0.15, -0.1) is 0 Å². The molecular formula is C17H14N2O2S. The molecule has 4 nitrogen and oxygen atoms in total. The van der Waals surface area contributed by atoms with Crippen molar-refractivity contribution in [3.05, 3.63) is 85.1 Å². The Morgan fingerprint density at radius 2 is 1.18 bits per heavy atom. The van der Waals surface area contributed by atoms with Crippen LogP contribution >= 0.6 is 0 Å². The summed E-state index contributed by atoms with van der Waals surface area (Å²) >= 11 is 0. The lowest BCUT2D eigenvalue weighted by Gasteiger charge is -2.24. The summed E-state index contributed by atoms with van der Waals surface area (Å²) in [6, 6.07) is 22.8. The lowest BCUT2D eigenvalue weighted by Crippen LogP contribution is -2.26. The molecule has 0 unspecified atom stereocenters. The van der Waals surface area contributed by atoms with Crippen LogP contribution < -0.4 is 4.31 Å². The predicted octanol–water partition coefficient (Wildman–Crippen LogP) is 3.61. The van der Waals surface area contributed by atoms with E-state index in [9.17, 15) is 8.42 Å². The number of anilines is 2. The van der Waals surface area contributed by atoms with E-state index in [2.05, 4.69) is 4.98 Å². The van der Waals surface area contributed by atoms with Gasteiger partial charge in [-0.3, -0.25) is 0 Å². The molecule has 0 radical (unpaired) electrons. The van der Waals surface area contributed by atoms with Crippen molar-refractivity contribution in [3.63, 3.8) is 0 Å². The van der Waals surface area contributed by atoms with Crippen molar-refractivity contribution in [2.24, 2.45) is 0 Å². The van der Waals surface area contributed by atoms with Crippen LogP contribution in [0.1, 0.15) is 0 Å². The molecule has 0 atom stereocenters. The second-order valence-corrected chi connectivity index (χ2v) is 6.34. The van der Waals surface area contributed by atoms with E-state index >= 15 is 0 Å². The average Bonchev–Trinajstić information content (AvgIpc) is 2.58. The molecule has 1 heterocycles. The molecule has 0 saturated carbocycles. The Morgan fingerprint density at radius 3 is 1.64 bits per heavy atom. The van der Waals surface area contributed by atoms with E-state index in [4.69, 9.17) is 0 Å². The van der Waals surface area contributed by atoms with Crippen LogP contribution in [0.25, 0.3) is 0 Å². The monoisotopic (exact) mass is 310 g/mol. The number of sulfonamides is 1. The van der Waals surface area contributed by atoms with E-state index in [1.165, 1.54) is 16.6 Å². The summed E-state index contributed by atoms with van der Waals surface area (Å²) in [7, 11) is -3.78. The van der Waals surface area contributed by atoms with Gasteiger partial charge < -0.3 is 0 Å². The molecule has 0 spiro atoms. The highest BCUT2D eigenvalue weighted by atomic mass is 32.2. The van der Waals surface area contributed by atoms with Crippen molar-refractivity contribution in [3.8, 4) is 0 Å². The maximum atomic E-state index is 13.0. The van der Waals surface area contributed by atoms with Gasteiger partial charge in [0.05, 0.1) is 11.4 Å². The van der Waals surface area contributed by atoms with Gasteiger partial charge in [-0.1, -0.05) is 42.5 Å². The molecule has 2 aromatic carbocycles. The molecule has 0 N–H and O–H groups in total. The van der Waals surface area contributed by atoms with E-state index in [-0.39, 0.29) is 5.03 Å². The molecule has 0 aliphatic rings. The van der Waals surface area contributed by atoms with Crippen LogP contribution in [0.5, 0.6) is 0 Å². The molecule has 0 aliphatic carbocycles. The van der Waals surface area contributed by atoms with Crippen LogP contribution in [0.3, 0.4) is 0 Å². The third-order valence-electron chi connectivity index (χ3n) is 3.12. The fourth-order valence-electron chi connectivity index (χ4n) is 2.15. The first-order valence-electron chi connectivity index (χ1n) is 6.76. The molecule has 5 heteroatoms. The number of pyridine rings is 1. The van der Waals surface area contributed by atoms with E-state index in [1.807, 2.05) is 12.1 Å². The van der Waals surface area contributed by atoms with Crippen LogP contribution in [0.15, 0.2) is 90.1 Å². The molecule has 0 saturated heterocycles. The molecular weight excluding hydrogens is 296 g/mol. The van der Waals surface area contributed by atoms with Gasteiger partial charge in [-0.25, -0.2) is 9.29 Å². The Hall–Kier alpha value is -2.66. The third-order valence-corrected chi connectivity index (χ3v) is 4.80. The fraction of sp³-hybridized carbons (Fsp3) is 0. The van der Waals surface area contributed by atoms with Crippen molar-refractivity contribution in [2.45, 2.75) is 5.03 Å². The second-order valence-electron chi connectivity index (χ2n) is 4.61. The Morgan fingerprint density at radius 1 is 0.682 bits per heavy atom. The molecule has 3 aromatic rings. The minimum absolute atomic E-state index is 0.0164. The Bertz CT molecular complexity index is 796. The average molecular weight is 310 g/mol. The van der Waals surface area contributed by atoms with E-state index in [0.717, 1.165) is 0 Å². The number of hydrogen-bond donors (Lipinski definition) is 0. The molecule has 0 aliphatic heterocycles. The maximum Gasteiger partial charge on any atom is 0.286 e. The fourth-order valence-corrected chi connectivity index (χ4v) is 3.58. The van der Waals surface area contributed by atoms with Gasteiger partial charge in [0.15, 0.2) is 5.03 Å². The standard InChI is InChI=1S/C17H14N2O2S/c20-22(21,17-13-7-8-14-18-17)19(15-9-3-1-4-10-15)16-11-5-2-6-12-16/h1-14H. The Kier molecular flexibility index (Phi) is 3.89. The molecule has 0 amide bonds. The normalized spacial score (nSPS) is 11.1. The highest BCUT2D eigenvalue weighted by molar-refractivity contribution is 7.93. The number of aromatic nitrogens is 1. The zero-order valence-corrected chi connectivity index (χ0v) is 12.5. The van der Waals surface area contributed by atoms with Crippen LogP contribution in [-0.2, 0) is 10.0 Å². The number of nitrogens with zero attached hydrogens (tertiary/aromatic N) is 2. The molecule has 0 bridgehead atoms. The maximum absolute atomic E-state index is 13.0. The van der Waals surface area contributed by atoms with Gasteiger partial charge in [0, 0.05) is 6.20 Å². The third kappa shape index (κ3) is 2.71. The zero-order valence-electron chi connectivity index (χ0n) is 11.7. The summed E-state index contributed by atoms with van der Waals surface area (Å²) in [5.41, 5.74) is 1.14. The Balaban J connectivity index is 2.19. The van der Waals surface area contributed by atoms with Gasteiger partial charge in [0.1, 0.15) is 0 Å². The smallest absolute Gasteiger partial charge is 0.243 e. The van der Waals surface area contributed by atoms with Crippen molar-refractivity contribution >= 4 is 21.4 Å². The van der Waals surface area contributed by atoms with Gasteiger partial charge in [-0.2, -0.15) is 8.42 Å². The molecule has 110 valence electrons. The van der Waals surface area contributed by atoms with Crippen LogP contribution in [0.2, 0.25) is 0 Å². The quantitative estimate of drug-likeness (QED) is 0.739. The van der Waals surface area contributed by atoms with Crippen LogP contribution in [0.4, 0.5) is 11.4 Å². The first-order valence-corrected chi connectivity index (χ1v) is 8.20. The van der Waals surface area contributed by atoms with Crippen LogP contribution in [-0.4, -0.2) is 13.4 Å². The summed E-state index contributed by atoms with van der Waals surface area (Å²) in [5, 5.41) is 0.0164. The summed E-state index contributed by atoms with van der Waals surface area (Å²) < 4.78 is 27.3. The van der Waals surface area contributed by atoms with Crippen LogP contribution in [0, 0.1) is 0 Å². The van der Waals surface area contributed by atoms with Crippen molar-refractivity contribution < 1.29 is 8.42 Å². The first kappa shape index (κ1) is 14.3. The van der Waals surface area contributed by atoms with Gasteiger partial charge in [-0.05, 0) is 36.4 Å². The van der Waals surface area contributed by atoms with Gasteiger partial charge in [0.25, 0.3) is 10.0 Å². The van der Waals surface area contributed by atoms with E-state index in [0.29, 0.717) is 11.4 Å². The topological polar surface area (TPSA) is 50.3 Å². The van der Waals surface area contributed by atoms with Crippen molar-refractivity contribution in [1.29, 1.82) is 0 Å². The molecule has 22 heavy (non-hydrogen) atoms. The first-order chi connectivity index (χ1) is 10.7.